The van der Waals surface area contributed by atoms with E-state index in [0.29, 0.717) is 17.2 Å². The van der Waals surface area contributed by atoms with Gasteiger partial charge in [-0.25, -0.2) is 8.42 Å². The number of hydrogen-bond acceptors (Lipinski definition) is 5. The summed E-state index contributed by atoms with van der Waals surface area (Å²) < 4.78 is 36.7. The van der Waals surface area contributed by atoms with Crippen LogP contribution in [0.25, 0.3) is 0 Å². The number of rotatable bonds is 7. The summed E-state index contributed by atoms with van der Waals surface area (Å²) in [6.07, 6.45) is 1.05. The molecule has 0 aliphatic heterocycles. The number of carbonyl (C=O) groups excluding carboxylic acids is 1. The van der Waals surface area contributed by atoms with Gasteiger partial charge in [-0.15, -0.1) is 0 Å². The lowest BCUT2D eigenvalue weighted by molar-refractivity contribution is -0.116. The Morgan fingerprint density at radius 2 is 1.75 bits per heavy atom. The predicted octanol–water partition coefficient (Wildman–Crippen LogP) is 3.11. The summed E-state index contributed by atoms with van der Waals surface area (Å²) in [7, 11) is -0.877. The zero-order valence-electron chi connectivity index (χ0n) is 16.9. The summed E-state index contributed by atoms with van der Waals surface area (Å²) in [5.41, 5.74) is 2.75. The van der Waals surface area contributed by atoms with E-state index in [1.165, 1.54) is 27.2 Å². The molecule has 0 fully saturated rings. The van der Waals surface area contributed by atoms with Crippen LogP contribution in [-0.4, -0.2) is 40.8 Å². The number of nitrogens with zero attached hydrogens (tertiary/aromatic N) is 1. The van der Waals surface area contributed by atoms with E-state index in [1.807, 2.05) is 32.0 Å². The fraction of sp³-hybridized carbons (Fsp3) is 0.350. The predicted molar refractivity (Wildman–Crippen MR) is 111 cm³/mol. The van der Waals surface area contributed by atoms with Crippen LogP contribution in [0.3, 0.4) is 0 Å². The highest BCUT2D eigenvalue weighted by molar-refractivity contribution is 7.92. The minimum absolute atomic E-state index is 0.230. The van der Waals surface area contributed by atoms with Gasteiger partial charge in [-0.3, -0.25) is 9.10 Å². The fourth-order valence-corrected chi connectivity index (χ4v) is 4.03. The van der Waals surface area contributed by atoms with Crippen LogP contribution in [0.4, 0.5) is 11.4 Å². The van der Waals surface area contributed by atoms with Gasteiger partial charge in [0.25, 0.3) is 0 Å². The van der Waals surface area contributed by atoms with Gasteiger partial charge in [0.2, 0.25) is 15.9 Å². The van der Waals surface area contributed by atoms with E-state index in [-0.39, 0.29) is 5.69 Å². The second kappa shape index (κ2) is 8.52. The van der Waals surface area contributed by atoms with Gasteiger partial charge in [0, 0.05) is 11.8 Å². The van der Waals surface area contributed by atoms with Crippen LogP contribution >= 0.6 is 0 Å². The van der Waals surface area contributed by atoms with Crippen LogP contribution in [0, 0.1) is 13.8 Å². The third-order valence-electron chi connectivity index (χ3n) is 4.36. The Morgan fingerprint density at radius 1 is 1.07 bits per heavy atom. The number of methoxy groups -OCH3 is 2. The molecular formula is C20H26N2O5S. The number of anilines is 2. The first-order chi connectivity index (χ1) is 13.1. The number of hydrogen-bond donors (Lipinski definition) is 1. The fourth-order valence-electron chi connectivity index (χ4n) is 2.86. The van der Waals surface area contributed by atoms with E-state index in [4.69, 9.17) is 9.47 Å². The lowest BCUT2D eigenvalue weighted by atomic mass is 10.1. The molecule has 2 aromatic carbocycles. The van der Waals surface area contributed by atoms with Crippen molar-refractivity contribution in [3.05, 3.63) is 47.5 Å². The van der Waals surface area contributed by atoms with Crippen LogP contribution < -0.4 is 19.1 Å². The number of benzene rings is 2. The number of aryl methyl sites for hydroxylation is 2. The van der Waals surface area contributed by atoms with Gasteiger partial charge in [0.1, 0.15) is 17.5 Å². The molecule has 28 heavy (non-hydrogen) atoms. The highest BCUT2D eigenvalue weighted by Gasteiger charge is 2.32. The van der Waals surface area contributed by atoms with Crippen molar-refractivity contribution in [1.82, 2.24) is 0 Å². The molecule has 152 valence electrons. The smallest absolute Gasteiger partial charge is 0.248 e. The van der Waals surface area contributed by atoms with Crippen LogP contribution in [0.5, 0.6) is 11.5 Å². The molecule has 0 heterocycles. The maximum absolute atomic E-state index is 12.9. The quantitative estimate of drug-likeness (QED) is 0.764. The Bertz CT molecular complexity index is 973. The highest BCUT2D eigenvalue weighted by atomic mass is 32.2. The van der Waals surface area contributed by atoms with E-state index in [9.17, 15) is 13.2 Å². The second-order valence-corrected chi connectivity index (χ2v) is 8.44. The van der Waals surface area contributed by atoms with Crippen molar-refractivity contribution in [3.8, 4) is 11.5 Å². The van der Waals surface area contributed by atoms with Gasteiger partial charge in [0.05, 0.1) is 26.2 Å². The molecular weight excluding hydrogens is 380 g/mol. The first kappa shape index (κ1) is 21.6. The Hall–Kier alpha value is -2.74. The van der Waals surface area contributed by atoms with E-state index >= 15 is 0 Å². The van der Waals surface area contributed by atoms with Crippen molar-refractivity contribution in [2.24, 2.45) is 0 Å². The molecule has 0 aliphatic rings. The highest BCUT2D eigenvalue weighted by Crippen LogP contribution is 2.35. The van der Waals surface area contributed by atoms with E-state index in [2.05, 4.69) is 5.32 Å². The number of carbonyl (C=O) groups is 1. The lowest BCUT2D eigenvalue weighted by Gasteiger charge is -2.29. The first-order valence-electron chi connectivity index (χ1n) is 8.68. The minimum atomic E-state index is -3.79. The summed E-state index contributed by atoms with van der Waals surface area (Å²) >= 11 is 0. The van der Waals surface area contributed by atoms with E-state index in [0.717, 1.165) is 21.7 Å². The molecule has 1 unspecified atom stereocenters. The number of nitrogens with one attached hydrogen (secondary N) is 1. The van der Waals surface area contributed by atoms with Crippen molar-refractivity contribution in [3.63, 3.8) is 0 Å². The van der Waals surface area contributed by atoms with Gasteiger partial charge >= 0.3 is 0 Å². The van der Waals surface area contributed by atoms with Gasteiger partial charge in [-0.2, -0.15) is 0 Å². The van der Waals surface area contributed by atoms with Crippen molar-refractivity contribution in [2.45, 2.75) is 26.8 Å². The van der Waals surface area contributed by atoms with Gasteiger partial charge < -0.3 is 14.8 Å². The van der Waals surface area contributed by atoms with Crippen LogP contribution in [0.15, 0.2) is 36.4 Å². The number of amides is 1. The Balaban J connectivity index is 2.46. The monoisotopic (exact) mass is 406 g/mol. The molecule has 0 aliphatic carbocycles. The largest absolute Gasteiger partial charge is 0.497 e. The molecule has 0 radical (unpaired) electrons. The van der Waals surface area contributed by atoms with Crippen molar-refractivity contribution < 1.29 is 22.7 Å². The standard InChI is InChI=1S/C20H26N2O5S/c1-13-7-8-14(2)17(11-13)21-20(23)15(3)22(28(6,24)25)18-12-16(26-4)9-10-19(18)27-5/h7-12,15H,1-6H3,(H,21,23). The van der Waals surface area contributed by atoms with E-state index < -0.39 is 22.0 Å². The van der Waals surface area contributed by atoms with Gasteiger partial charge in [-0.05, 0) is 50.1 Å². The summed E-state index contributed by atoms with van der Waals surface area (Å²) in [4.78, 5) is 12.9. The maximum atomic E-state index is 12.9. The molecule has 8 heteroatoms. The average Bonchev–Trinajstić information content (AvgIpc) is 2.63. The molecule has 1 atom stereocenters. The normalized spacial score (nSPS) is 12.2. The van der Waals surface area contributed by atoms with Gasteiger partial charge in [-0.1, -0.05) is 12.1 Å². The first-order valence-corrected chi connectivity index (χ1v) is 10.5. The van der Waals surface area contributed by atoms with Crippen LogP contribution in [0.2, 0.25) is 0 Å². The molecule has 7 nitrogen and oxygen atoms in total. The number of sulfonamides is 1. The summed E-state index contributed by atoms with van der Waals surface area (Å²) in [5.74, 6) is 0.313. The zero-order chi connectivity index (χ0) is 21.1. The maximum Gasteiger partial charge on any atom is 0.248 e. The van der Waals surface area contributed by atoms with Crippen molar-refractivity contribution >= 4 is 27.3 Å². The molecule has 0 spiro atoms. The Labute approximate surface area is 166 Å². The van der Waals surface area contributed by atoms with Crippen LogP contribution in [0.1, 0.15) is 18.1 Å². The third-order valence-corrected chi connectivity index (χ3v) is 5.59. The molecule has 0 saturated carbocycles. The molecule has 1 amide bonds. The Morgan fingerprint density at radius 3 is 2.32 bits per heavy atom. The minimum Gasteiger partial charge on any atom is -0.497 e. The second-order valence-electron chi connectivity index (χ2n) is 6.58. The molecule has 0 saturated heterocycles. The Kier molecular flexibility index (Phi) is 6.56. The summed E-state index contributed by atoms with van der Waals surface area (Å²) in [6, 6.07) is 9.45. The SMILES string of the molecule is COc1ccc(OC)c(N(C(C)C(=O)Nc2cc(C)ccc2C)S(C)(=O)=O)c1. The van der Waals surface area contributed by atoms with Crippen molar-refractivity contribution in [1.29, 1.82) is 0 Å². The average molecular weight is 407 g/mol. The van der Waals surface area contributed by atoms with Gasteiger partial charge in [0.15, 0.2) is 0 Å². The molecule has 1 N–H and O–H groups in total. The van der Waals surface area contributed by atoms with Crippen molar-refractivity contribution in [2.75, 3.05) is 30.1 Å². The molecule has 0 bridgehead atoms. The topological polar surface area (TPSA) is 84.9 Å². The molecule has 0 aromatic heterocycles. The summed E-state index contributed by atoms with van der Waals surface area (Å²) in [5, 5.41) is 2.82. The zero-order valence-corrected chi connectivity index (χ0v) is 17.8. The van der Waals surface area contributed by atoms with Crippen LogP contribution in [-0.2, 0) is 14.8 Å². The third kappa shape index (κ3) is 4.75. The van der Waals surface area contributed by atoms with E-state index in [1.54, 1.807) is 12.1 Å². The lowest BCUT2D eigenvalue weighted by Crippen LogP contribution is -2.45. The number of ether oxygens (including phenoxy) is 2. The summed E-state index contributed by atoms with van der Waals surface area (Å²) in [6.45, 7) is 5.32. The molecule has 2 aromatic rings. The molecule has 2 rings (SSSR count).